The number of aromatic nitrogens is 3. The zero-order valence-electron chi connectivity index (χ0n) is 10.9. The summed E-state index contributed by atoms with van der Waals surface area (Å²) in [4.78, 5) is 14.6. The Labute approximate surface area is 122 Å². The predicted octanol–water partition coefficient (Wildman–Crippen LogP) is 3.25. The second-order valence-electron chi connectivity index (χ2n) is 4.27. The molecule has 112 valence electrons. The van der Waals surface area contributed by atoms with Gasteiger partial charge in [0, 0.05) is 0 Å². The number of aryl methyl sites for hydroxylation is 1. The van der Waals surface area contributed by atoms with Crippen molar-refractivity contribution in [3.63, 3.8) is 0 Å². The molecule has 0 bridgehead atoms. The summed E-state index contributed by atoms with van der Waals surface area (Å²) in [6, 6.07) is 1.46. The lowest BCUT2D eigenvalue weighted by Gasteiger charge is -2.11. The third-order valence-corrected chi connectivity index (χ3v) is 3.35. The van der Waals surface area contributed by atoms with Gasteiger partial charge in [0.25, 0.3) is 0 Å². The number of carboxylic acids is 1. The van der Waals surface area contributed by atoms with Crippen LogP contribution in [0.5, 0.6) is 0 Å². The molecule has 0 aliphatic rings. The molecule has 0 amide bonds. The van der Waals surface area contributed by atoms with Crippen LogP contribution in [0.2, 0.25) is 5.02 Å². The Morgan fingerprint density at radius 3 is 2.38 bits per heavy atom. The minimum atomic E-state index is -4.69. The fourth-order valence-electron chi connectivity index (χ4n) is 1.76. The van der Waals surface area contributed by atoms with Gasteiger partial charge in [-0.15, -0.1) is 0 Å². The average molecular weight is 320 g/mol. The zero-order valence-corrected chi connectivity index (χ0v) is 11.6. The first-order chi connectivity index (χ1) is 9.62. The average Bonchev–Trinajstić information content (AvgIpc) is 2.64. The first kappa shape index (κ1) is 15.3. The molecule has 0 fully saturated rings. The van der Waals surface area contributed by atoms with Crippen LogP contribution >= 0.6 is 11.6 Å². The summed E-state index contributed by atoms with van der Waals surface area (Å²) in [5.41, 5.74) is -0.926. The Hall–Kier alpha value is -2.09. The van der Waals surface area contributed by atoms with Crippen LogP contribution in [-0.4, -0.2) is 25.8 Å². The largest absolute Gasteiger partial charge is 0.478 e. The van der Waals surface area contributed by atoms with E-state index in [0.29, 0.717) is 17.5 Å². The predicted molar refractivity (Wildman–Crippen MR) is 67.8 cm³/mol. The van der Waals surface area contributed by atoms with Crippen LogP contribution < -0.4 is 0 Å². The number of carboxylic acid groups (broad SMARTS) is 1. The van der Waals surface area contributed by atoms with Gasteiger partial charge in [-0.3, -0.25) is 0 Å². The van der Waals surface area contributed by atoms with E-state index in [-0.39, 0.29) is 5.02 Å². The fraction of sp³-hybridized carbons (Fsp3) is 0.250. The molecule has 0 saturated carbocycles. The topological polar surface area (TPSA) is 68.0 Å². The van der Waals surface area contributed by atoms with Crippen molar-refractivity contribution < 1.29 is 23.1 Å². The van der Waals surface area contributed by atoms with Crippen molar-refractivity contribution in [1.82, 2.24) is 14.8 Å². The summed E-state index contributed by atoms with van der Waals surface area (Å²) < 4.78 is 39.2. The van der Waals surface area contributed by atoms with Gasteiger partial charge < -0.3 is 5.11 Å². The van der Waals surface area contributed by atoms with Gasteiger partial charge in [0.05, 0.1) is 16.4 Å². The standard InChI is InChI=1S/C12H9ClF3N3O2/c1-5-9(13)6(2)19(18-5)10-7(11(20)21)3-4-8(17-10)12(14,15)16/h3-4H,1-2H3,(H,20,21). The molecule has 0 radical (unpaired) electrons. The lowest BCUT2D eigenvalue weighted by molar-refractivity contribution is -0.141. The molecule has 2 heterocycles. The molecule has 0 aromatic carbocycles. The van der Waals surface area contributed by atoms with Crippen LogP contribution in [0.25, 0.3) is 5.82 Å². The molecular weight excluding hydrogens is 311 g/mol. The number of hydrogen-bond donors (Lipinski definition) is 1. The van der Waals surface area contributed by atoms with E-state index in [9.17, 15) is 18.0 Å². The maximum Gasteiger partial charge on any atom is 0.433 e. The summed E-state index contributed by atoms with van der Waals surface area (Å²) in [6.45, 7) is 3.07. The van der Waals surface area contributed by atoms with Gasteiger partial charge in [-0.25, -0.2) is 14.5 Å². The number of halogens is 4. The monoisotopic (exact) mass is 319 g/mol. The smallest absolute Gasteiger partial charge is 0.433 e. The molecule has 0 atom stereocenters. The normalized spacial score (nSPS) is 11.7. The number of nitrogens with zero attached hydrogens (tertiary/aromatic N) is 3. The van der Waals surface area contributed by atoms with Crippen molar-refractivity contribution in [3.05, 3.63) is 39.8 Å². The number of aromatic carboxylic acids is 1. The highest BCUT2D eigenvalue weighted by Crippen LogP contribution is 2.30. The lowest BCUT2D eigenvalue weighted by Crippen LogP contribution is -2.15. The first-order valence-electron chi connectivity index (χ1n) is 5.66. The number of rotatable bonds is 2. The van der Waals surface area contributed by atoms with Gasteiger partial charge in [-0.2, -0.15) is 18.3 Å². The van der Waals surface area contributed by atoms with Crippen molar-refractivity contribution in [2.24, 2.45) is 0 Å². The van der Waals surface area contributed by atoms with Crippen LogP contribution in [0.15, 0.2) is 12.1 Å². The van der Waals surface area contributed by atoms with E-state index in [2.05, 4.69) is 10.1 Å². The highest BCUT2D eigenvalue weighted by atomic mass is 35.5. The second-order valence-corrected chi connectivity index (χ2v) is 4.65. The molecule has 0 saturated heterocycles. The molecule has 0 aliphatic carbocycles. The molecule has 0 spiro atoms. The molecule has 0 aliphatic heterocycles. The Morgan fingerprint density at radius 2 is 1.95 bits per heavy atom. The fourth-order valence-corrected chi connectivity index (χ4v) is 1.88. The number of hydrogen-bond acceptors (Lipinski definition) is 3. The van der Waals surface area contributed by atoms with E-state index in [1.807, 2.05) is 0 Å². The number of pyridine rings is 1. The van der Waals surface area contributed by atoms with E-state index >= 15 is 0 Å². The minimum Gasteiger partial charge on any atom is -0.478 e. The Kier molecular flexibility index (Phi) is 3.66. The molecule has 5 nitrogen and oxygen atoms in total. The van der Waals surface area contributed by atoms with Crippen LogP contribution in [-0.2, 0) is 6.18 Å². The van der Waals surface area contributed by atoms with Crippen molar-refractivity contribution in [2.45, 2.75) is 20.0 Å². The molecule has 2 rings (SSSR count). The summed E-state index contributed by atoms with van der Waals surface area (Å²) >= 11 is 5.93. The SMILES string of the molecule is Cc1nn(-c2nc(C(F)(F)F)ccc2C(=O)O)c(C)c1Cl. The van der Waals surface area contributed by atoms with Crippen molar-refractivity contribution in [1.29, 1.82) is 0 Å². The van der Waals surface area contributed by atoms with Crippen molar-refractivity contribution in [2.75, 3.05) is 0 Å². The zero-order chi connectivity index (χ0) is 15.9. The third kappa shape index (κ3) is 2.71. The Bertz CT molecular complexity index is 725. The van der Waals surface area contributed by atoms with Gasteiger partial charge in [0.1, 0.15) is 11.3 Å². The van der Waals surface area contributed by atoms with E-state index in [4.69, 9.17) is 16.7 Å². The first-order valence-corrected chi connectivity index (χ1v) is 6.04. The number of alkyl halides is 3. The van der Waals surface area contributed by atoms with Crippen molar-refractivity contribution in [3.8, 4) is 5.82 Å². The molecule has 0 unspecified atom stereocenters. The van der Waals surface area contributed by atoms with Gasteiger partial charge in [-0.05, 0) is 26.0 Å². The van der Waals surface area contributed by atoms with Gasteiger partial charge in [-0.1, -0.05) is 11.6 Å². The highest BCUT2D eigenvalue weighted by Gasteiger charge is 2.34. The summed E-state index contributed by atoms with van der Waals surface area (Å²) in [6.07, 6.45) is -4.69. The van der Waals surface area contributed by atoms with E-state index < -0.39 is 29.2 Å². The maximum absolute atomic E-state index is 12.7. The van der Waals surface area contributed by atoms with Crippen LogP contribution in [0.1, 0.15) is 27.4 Å². The second kappa shape index (κ2) is 5.03. The molecule has 9 heteroatoms. The minimum absolute atomic E-state index is 0.241. The summed E-state index contributed by atoms with van der Waals surface area (Å²) in [5.74, 6) is -1.83. The van der Waals surface area contributed by atoms with Crippen molar-refractivity contribution >= 4 is 17.6 Å². The summed E-state index contributed by atoms with van der Waals surface area (Å²) in [5, 5.41) is 13.3. The lowest BCUT2D eigenvalue weighted by atomic mass is 10.2. The molecule has 2 aromatic heterocycles. The third-order valence-electron chi connectivity index (χ3n) is 2.80. The van der Waals surface area contributed by atoms with E-state index in [0.717, 1.165) is 10.7 Å². The van der Waals surface area contributed by atoms with Crippen LogP contribution in [0, 0.1) is 13.8 Å². The van der Waals surface area contributed by atoms with E-state index in [1.165, 1.54) is 6.92 Å². The molecular formula is C12H9ClF3N3O2. The molecule has 2 aromatic rings. The number of carbonyl (C=O) groups is 1. The maximum atomic E-state index is 12.7. The van der Waals surface area contributed by atoms with Crippen LogP contribution in [0.4, 0.5) is 13.2 Å². The Morgan fingerprint density at radius 1 is 1.33 bits per heavy atom. The van der Waals surface area contributed by atoms with Gasteiger partial charge >= 0.3 is 12.1 Å². The summed E-state index contributed by atoms with van der Waals surface area (Å²) in [7, 11) is 0. The molecule has 1 N–H and O–H groups in total. The van der Waals surface area contributed by atoms with E-state index in [1.54, 1.807) is 6.92 Å². The molecule has 21 heavy (non-hydrogen) atoms. The quantitative estimate of drug-likeness (QED) is 0.922. The van der Waals surface area contributed by atoms with Gasteiger partial charge in [0.2, 0.25) is 0 Å². The Balaban J connectivity index is 2.75. The van der Waals surface area contributed by atoms with Gasteiger partial charge in [0.15, 0.2) is 5.82 Å². The highest BCUT2D eigenvalue weighted by molar-refractivity contribution is 6.31. The van der Waals surface area contributed by atoms with Crippen LogP contribution in [0.3, 0.4) is 0 Å².